The number of nitrogens with zero attached hydrogens (tertiary/aromatic N) is 2. The van der Waals surface area contributed by atoms with Crippen LogP contribution in [0, 0.1) is 6.92 Å². The molecule has 5 nitrogen and oxygen atoms in total. The van der Waals surface area contributed by atoms with Crippen molar-refractivity contribution >= 4 is 27.5 Å². The SMILES string of the molecule is Cc1nccc(CNC(=O)c2cc(N)ccc2Br)n1. The van der Waals surface area contributed by atoms with Crippen molar-refractivity contribution in [3.05, 3.63) is 52.0 Å². The van der Waals surface area contributed by atoms with Gasteiger partial charge >= 0.3 is 0 Å². The maximum absolute atomic E-state index is 12.0. The van der Waals surface area contributed by atoms with Crippen LogP contribution in [0.15, 0.2) is 34.9 Å². The Bertz CT molecular complexity index is 615. The van der Waals surface area contributed by atoms with E-state index in [0.717, 1.165) is 5.69 Å². The molecule has 0 saturated carbocycles. The number of benzene rings is 1. The molecule has 2 aromatic rings. The highest BCUT2D eigenvalue weighted by atomic mass is 79.9. The first-order valence-electron chi connectivity index (χ1n) is 5.68. The molecule has 0 bridgehead atoms. The average Bonchev–Trinajstić information content (AvgIpc) is 2.39. The average molecular weight is 321 g/mol. The molecule has 1 heterocycles. The zero-order valence-electron chi connectivity index (χ0n) is 10.4. The van der Waals surface area contributed by atoms with Gasteiger partial charge < -0.3 is 11.1 Å². The fourth-order valence-corrected chi connectivity index (χ4v) is 2.01. The van der Waals surface area contributed by atoms with Crippen LogP contribution in [-0.4, -0.2) is 15.9 Å². The first-order valence-corrected chi connectivity index (χ1v) is 6.47. The van der Waals surface area contributed by atoms with Gasteiger partial charge in [-0.05, 0) is 47.1 Å². The van der Waals surface area contributed by atoms with Gasteiger partial charge in [-0.15, -0.1) is 0 Å². The summed E-state index contributed by atoms with van der Waals surface area (Å²) in [5.74, 6) is 0.479. The summed E-state index contributed by atoms with van der Waals surface area (Å²) >= 11 is 3.33. The lowest BCUT2D eigenvalue weighted by molar-refractivity contribution is 0.0949. The maximum Gasteiger partial charge on any atom is 0.252 e. The number of nitrogen functional groups attached to an aromatic ring is 1. The number of nitrogens with one attached hydrogen (secondary N) is 1. The van der Waals surface area contributed by atoms with Crippen molar-refractivity contribution in [3.8, 4) is 0 Å². The van der Waals surface area contributed by atoms with Crippen molar-refractivity contribution < 1.29 is 4.79 Å². The van der Waals surface area contributed by atoms with Gasteiger partial charge in [-0.3, -0.25) is 4.79 Å². The first-order chi connectivity index (χ1) is 9.06. The van der Waals surface area contributed by atoms with Crippen LogP contribution >= 0.6 is 15.9 Å². The van der Waals surface area contributed by atoms with E-state index in [0.29, 0.717) is 28.1 Å². The number of carbonyl (C=O) groups is 1. The lowest BCUT2D eigenvalue weighted by Gasteiger charge is -2.07. The van der Waals surface area contributed by atoms with Gasteiger partial charge in [0.1, 0.15) is 5.82 Å². The van der Waals surface area contributed by atoms with E-state index in [4.69, 9.17) is 5.73 Å². The molecule has 0 fully saturated rings. The van der Waals surface area contributed by atoms with E-state index >= 15 is 0 Å². The predicted molar refractivity (Wildman–Crippen MR) is 76.5 cm³/mol. The van der Waals surface area contributed by atoms with Crippen LogP contribution in [0.3, 0.4) is 0 Å². The van der Waals surface area contributed by atoms with E-state index in [-0.39, 0.29) is 5.91 Å². The molecule has 98 valence electrons. The van der Waals surface area contributed by atoms with Gasteiger partial charge in [-0.1, -0.05) is 0 Å². The predicted octanol–water partition coefficient (Wildman–Crippen LogP) is 2.06. The summed E-state index contributed by atoms with van der Waals surface area (Å²) in [6.45, 7) is 2.16. The molecule has 1 aromatic carbocycles. The van der Waals surface area contributed by atoms with Gasteiger partial charge in [0.2, 0.25) is 0 Å². The van der Waals surface area contributed by atoms with Crippen LogP contribution in [0.1, 0.15) is 21.9 Å². The normalized spacial score (nSPS) is 10.2. The highest BCUT2D eigenvalue weighted by Gasteiger charge is 2.10. The van der Waals surface area contributed by atoms with Crippen LogP contribution in [0.2, 0.25) is 0 Å². The molecule has 0 aliphatic carbocycles. The summed E-state index contributed by atoms with van der Waals surface area (Å²) < 4.78 is 0.707. The molecule has 1 aromatic heterocycles. The minimum absolute atomic E-state index is 0.199. The number of rotatable bonds is 3. The molecule has 0 aliphatic rings. The minimum Gasteiger partial charge on any atom is -0.399 e. The Balaban J connectivity index is 2.07. The van der Waals surface area contributed by atoms with Gasteiger partial charge in [0.25, 0.3) is 5.91 Å². The van der Waals surface area contributed by atoms with Crippen molar-refractivity contribution in [2.45, 2.75) is 13.5 Å². The van der Waals surface area contributed by atoms with Crippen LogP contribution in [0.4, 0.5) is 5.69 Å². The number of aryl methyl sites for hydroxylation is 1. The second-order valence-electron chi connectivity index (χ2n) is 4.02. The van der Waals surface area contributed by atoms with E-state index in [2.05, 4.69) is 31.2 Å². The van der Waals surface area contributed by atoms with Gasteiger partial charge in [-0.25, -0.2) is 9.97 Å². The third kappa shape index (κ3) is 3.51. The molecule has 0 saturated heterocycles. The minimum atomic E-state index is -0.199. The van der Waals surface area contributed by atoms with E-state index < -0.39 is 0 Å². The molecule has 6 heteroatoms. The monoisotopic (exact) mass is 320 g/mol. The van der Waals surface area contributed by atoms with Gasteiger partial charge in [0.05, 0.1) is 17.8 Å². The molecule has 1 amide bonds. The lowest BCUT2D eigenvalue weighted by Crippen LogP contribution is -2.24. The number of halogens is 1. The van der Waals surface area contributed by atoms with Crippen LogP contribution in [0.5, 0.6) is 0 Å². The Kier molecular flexibility index (Phi) is 4.11. The van der Waals surface area contributed by atoms with E-state index in [1.54, 1.807) is 37.4 Å². The Morgan fingerprint density at radius 2 is 2.21 bits per heavy atom. The Morgan fingerprint density at radius 3 is 2.95 bits per heavy atom. The van der Waals surface area contributed by atoms with E-state index in [1.165, 1.54) is 0 Å². The number of hydrogen-bond acceptors (Lipinski definition) is 4. The van der Waals surface area contributed by atoms with Crippen molar-refractivity contribution in [2.75, 3.05) is 5.73 Å². The second kappa shape index (κ2) is 5.79. The molecule has 0 aliphatic heterocycles. The smallest absolute Gasteiger partial charge is 0.252 e. The maximum atomic E-state index is 12.0. The second-order valence-corrected chi connectivity index (χ2v) is 4.87. The number of hydrogen-bond donors (Lipinski definition) is 2. The van der Waals surface area contributed by atoms with Crippen molar-refractivity contribution in [2.24, 2.45) is 0 Å². The van der Waals surface area contributed by atoms with Crippen LogP contribution < -0.4 is 11.1 Å². The van der Waals surface area contributed by atoms with E-state index in [9.17, 15) is 4.79 Å². The fraction of sp³-hybridized carbons (Fsp3) is 0.154. The summed E-state index contributed by atoms with van der Waals surface area (Å²) in [6.07, 6.45) is 1.67. The summed E-state index contributed by atoms with van der Waals surface area (Å²) in [6, 6.07) is 6.88. The van der Waals surface area contributed by atoms with E-state index in [1.807, 2.05) is 0 Å². The number of carbonyl (C=O) groups excluding carboxylic acids is 1. The third-order valence-electron chi connectivity index (χ3n) is 2.50. The van der Waals surface area contributed by atoms with Crippen LogP contribution in [0.25, 0.3) is 0 Å². The quantitative estimate of drug-likeness (QED) is 0.848. The van der Waals surface area contributed by atoms with Gasteiger partial charge in [0, 0.05) is 16.4 Å². The molecule has 19 heavy (non-hydrogen) atoms. The van der Waals surface area contributed by atoms with Crippen molar-refractivity contribution in [1.29, 1.82) is 0 Å². The number of amides is 1. The number of nitrogens with two attached hydrogens (primary N) is 1. The molecule has 2 rings (SSSR count). The zero-order chi connectivity index (χ0) is 13.8. The molecular formula is C13H13BrN4O. The summed E-state index contributed by atoms with van der Waals surface area (Å²) in [5, 5.41) is 2.80. The highest BCUT2D eigenvalue weighted by molar-refractivity contribution is 9.10. The number of anilines is 1. The van der Waals surface area contributed by atoms with Gasteiger partial charge in [-0.2, -0.15) is 0 Å². The lowest BCUT2D eigenvalue weighted by atomic mass is 10.2. The third-order valence-corrected chi connectivity index (χ3v) is 3.19. The molecule has 3 N–H and O–H groups in total. The van der Waals surface area contributed by atoms with Crippen molar-refractivity contribution in [3.63, 3.8) is 0 Å². The summed E-state index contributed by atoms with van der Waals surface area (Å²) in [4.78, 5) is 20.3. The molecule has 0 atom stereocenters. The van der Waals surface area contributed by atoms with Crippen LogP contribution in [-0.2, 0) is 6.54 Å². The number of aromatic nitrogens is 2. The summed E-state index contributed by atoms with van der Waals surface area (Å²) in [5.41, 5.74) is 7.49. The van der Waals surface area contributed by atoms with Crippen molar-refractivity contribution in [1.82, 2.24) is 15.3 Å². The topological polar surface area (TPSA) is 80.9 Å². The molecule has 0 radical (unpaired) electrons. The Hall–Kier alpha value is -1.95. The Morgan fingerprint density at radius 1 is 1.42 bits per heavy atom. The largest absolute Gasteiger partial charge is 0.399 e. The van der Waals surface area contributed by atoms with Gasteiger partial charge in [0.15, 0.2) is 0 Å². The molecular weight excluding hydrogens is 308 g/mol. The fourth-order valence-electron chi connectivity index (χ4n) is 1.59. The molecule has 0 spiro atoms. The summed E-state index contributed by atoms with van der Waals surface area (Å²) in [7, 11) is 0. The molecule has 0 unspecified atom stereocenters. The standard InChI is InChI=1S/C13H13BrN4O/c1-8-16-5-4-10(18-8)7-17-13(19)11-6-9(15)2-3-12(11)14/h2-6H,7,15H2,1H3,(H,17,19). The zero-order valence-corrected chi connectivity index (χ0v) is 11.9. The first kappa shape index (κ1) is 13.5. The Labute approximate surface area is 119 Å². The highest BCUT2D eigenvalue weighted by Crippen LogP contribution is 2.19.